The second kappa shape index (κ2) is 8.74. The van der Waals surface area contributed by atoms with Gasteiger partial charge in [0, 0.05) is 0 Å². The maximum absolute atomic E-state index is 11.9. The van der Waals surface area contributed by atoms with Gasteiger partial charge in [-0.15, -0.1) is 13.2 Å². The van der Waals surface area contributed by atoms with E-state index in [0.29, 0.717) is 12.8 Å². The lowest BCUT2D eigenvalue weighted by atomic mass is 9.99. The molecule has 1 aromatic rings. The summed E-state index contributed by atoms with van der Waals surface area (Å²) in [5.41, 5.74) is -0.159. The number of hydrogen-bond acceptors (Lipinski definition) is 5. The Hall–Kier alpha value is -1.47. The molecule has 0 bridgehead atoms. The van der Waals surface area contributed by atoms with Crippen molar-refractivity contribution in [1.82, 2.24) is 6.15 Å². The normalized spacial score (nSPS) is 11.5. The molecule has 3 N–H and O–H groups in total. The van der Waals surface area contributed by atoms with Crippen LogP contribution in [-0.4, -0.2) is 14.0 Å². The predicted molar refractivity (Wildman–Crippen MR) is 84.3 cm³/mol. The third-order valence-corrected chi connectivity index (χ3v) is 3.68. The monoisotopic (exact) mass is 313 g/mol. The smallest absolute Gasteiger partial charge is 0.344 e. The first-order chi connectivity index (χ1) is 9.41. The van der Waals surface area contributed by atoms with E-state index in [-0.39, 0.29) is 12.8 Å². The molecule has 0 saturated carbocycles. The van der Waals surface area contributed by atoms with E-state index in [0.717, 1.165) is 5.56 Å². The van der Waals surface area contributed by atoms with Gasteiger partial charge in [0.15, 0.2) is 0 Å². The van der Waals surface area contributed by atoms with E-state index >= 15 is 0 Å². The van der Waals surface area contributed by atoms with E-state index in [1.54, 1.807) is 31.2 Å². The van der Waals surface area contributed by atoms with Gasteiger partial charge in [0.2, 0.25) is 0 Å². The van der Waals surface area contributed by atoms with Gasteiger partial charge in [-0.2, -0.15) is 8.42 Å². The van der Waals surface area contributed by atoms with Gasteiger partial charge in [-0.1, -0.05) is 42.5 Å². The summed E-state index contributed by atoms with van der Waals surface area (Å²) in [6.45, 7) is 8.83. The molecule has 0 aliphatic heterocycles. The van der Waals surface area contributed by atoms with Gasteiger partial charge in [0.1, 0.15) is 0 Å². The van der Waals surface area contributed by atoms with Crippen molar-refractivity contribution in [2.45, 2.75) is 32.0 Å². The van der Waals surface area contributed by atoms with Crippen LogP contribution >= 0.6 is 0 Å². The minimum atomic E-state index is -4.08. The van der Waals surface area contributed by atoms with Crippen molar-refractivity contribution in [3.05, 3.63) is 61.2 Å². The summed E-state index contributed by atoms with van der Waals surface area (Å²) in [6, 6.07) is 9.03. The molecule has 0 radical (unpaired) electrons. The molecule has 5 nitrogen and oxygen atoms in total. The van der Waals surface area contributed by atoms with Gasteiger partial charge < -0.3 is 6.15 Å². The molecule has 21 heavy (non-hydrogen) atoms. The van der Waals surface area contributed by atoms with Crippen LogP contribution in [0.4, 0.5) is 0 Å². The number of hydrogen-bond donors (Lipinski definition) is 1. The summed E-state index contributed by atoms with van der Waals surface area (Å²) in [4.78, 5) is 0. The molecule has 1 aromatic carbocycles. The molecular formula is C15H23NO4S. The highest BCUT2D eigenvalue weighted by atomic mass is 32.3. The Balaban J connectivity index is 0.00000400. The molecule has 0 spiro atoms. The van der Waals surface area contributed by atoms with Crippen molar-refractivity contribution in [1.29, 1.82) is 0 Å². The average Bonchev–Trinajstić information content (AvgIpc) is 2.37. The standard InChI is InChI=1S/C15H20O4S.H3N/c1-4-11-15(3,12-5-2)19-20(16,17)18-13-14-9-7-6-8-10-14;/h4-10H,1-2,11-13H2,3H3;1H3. The second-order valence-electron chi connectivity index (χ2n) is 4.67. The Morgan fingerprint density at radius 2 is 1.67 bits per heavy atom. The Bertz CT molecular complexity index is 530. The number of rotatable bonds is 9. The maximum Gasteiger partial charge on any atom is 0.400 e. The third-order valence-electron chi connectivity index (χ3n) is 2.67. The minimum absolute atomic E-state index is 0. The topological polar surface area (TPSA) is 87.6 Å². The zero-order chi connectivity index (χ0) is 15.1. The Morgan fingerprint density at radius 1 is 1.14 bits per heavy atom. The Labute approximate surface area is 127 Å². The van der Waals surface area contributed by atoms with Gasteiger partial charge >= 0.3 is 10.4 Å². The van der Waals surface area contributed by atoms with Crippen LogP contribution < -0.4 is 6.15 Å². The summed E-state index contributed by atoms with van der Waals surface area (Å²) in [5, 5.41) is 0. The molecule has 0 aliphatic rings. The van der Waals surface area contributed by atoms with Crippen LogP contribution in [0.1, 0.15) is 25.3 Å². The first-order valence-corrected chi connectivity index (χ1v) is 7.60. The highest BCUT2D eigenvalue weighted by molar-refractivity contribution is 7.81. The van der Waals surface area contributed by atoms with Crippen LogP contribution in [0.5, 0.6) is 0 Å². The molecule has 6 heteroatoms. The zero-order valence-electron chi connectivity index (χ0n) is 12.3. The lowest BCUT2D eigenvalue weighted by molar-refractivity contribution is 0.0732. The fraction of sp³-hybridized carbons (Fsp3) is 0.333. The first kappa shape index (κ1) is 19.5. The van der Waals surface area contributed by atoms with Crippen molar-refractivity contribution >= 4 is 10.4 Å². The predicted octanol–water partition coefficient (Wildman–Crippen LogP) is 3.54. The Morgan fingerprint density at radius 3 is 2.14 bits per heavy atom. The molecule has 0 saturated heterocycles. The SMILES string of the molecule is C=CCC(C)(CC=C)OS(=O)(=O)OCc1ccccc1.N. The average molecular weight is 313 g/mol. The quantitative estimate of drug-likeness (QED) is 0.704. The van der Waals surface area contributed by atoms with Crippen LogP contribution in [0.3, 0.4) is 0 Å². The Kier molecular flexibility index (Phi) is 8.12. The van der Waals surface area contributed by atoms with Gasteiger partial charge in [-0.3, -0.25) is 0 Å². The fourth-order valence-corrected chi connectivity index (χ4v) is 2.70. The van der Waals surface area contributed by atoms with Gasteiger partial charge in [0.05, 0.1) is 12.2 Å². The lowest BCUT2D eigenvalue weighted by Crippen LogP contribution is -2.31. The molecule has 0 unspecified atom stereocenters. The van der Waals surface area contributed by atoms with Crippen molar-refractivity contribution in [2.24, 2.45) is 0 Å². The van der Waals surface area contributed by atoms with Gasteiger partial charge in [-0.25, -0.2) is 8.37 Å². The second-order valence-corrected chi connectivity index (χ2v) is 5.89. The summed E-state index contributed by atoms with van der Waals surface area (Å²) in [5.74, 6) is 0. The summed E-state index contributed by atoms with van der Waals surface area (Å²) >= 11 is 0. The van der Waals surface area contributed by atoms with Crippen LogP contribution in [0.15, 0.2) is 55.6 Å². The lowest BCUT2D eigenvalue weighted by Gasteiger charge is -2.25. The molecule has 0 aliphatic carbocycles. The molecule has 1 rings (SSSR count). The first-order valence-electron chi connectivity index (χ1n) is 6.26. The third kappa shape index (κ3) is 7.19. The van der Waals surface area contributed by atoms with E-state index in [1.165, 1.54) is 0 Å². The van der Waals surface area contributed by atoms with Crippen molar-refractivity contribution in [2.75, 3.05) is 0 Å². The van der Waals surface area contributed by atoms with Crippen LogP contribution in [0, 0.1) is 0 Å². The van der Waals surface area contributed by atoms with Crippen LogP contribution in [0.2, 0.25) is 0 Å². The zero-order valence-corrected chi connectivity index (χ0v) is 13.1. The van der Waals surface area contributed by atoms with Crippen molar-refractivity contribution in [3.8, 4) is 0 Å². The highest BCUT2D eigenvalue weighted by Crippen LogP contribution is 2.24. The van der Waals surface area contributed by atoms with Crippen LogP contribution in [0.25, 0.3) is 0 Å². The van der Waals surface area contributed by atoms with E-state index in [9.17, 15) is 8.42 Å². The van der Waals surface area contributed by atoms with E-state index in [1.807, 2.05) is 18.2 Å². The van der Waals surface area contributed by atoms with Crippen molar-refractivity contribution in [3.63, 3.8) is 0 Å². The summed E-state index contributed by atoms with van der Waals surface area (Å²) in [7, 11) is -4.08. The molecule has 118 valence electrons. The minimum Gasteiger partial charge on any atom is -0.344 e. The molecule has 0 fully saturated rings. The molecule has 0 atom stereocenters. The molecular weight excluding hydrogens is 290 g/mol. The van der Waals surface area contributed by atoms with Gasteiger partial charge in [0.25, 0.3) is 0 Å². The molecule has 0 amide bonds. The van der Waals surface area contributed by atoms with E-state index in [2.05, 4.69) is 13.2 Å². The van der Waals surface area contributed by atoms with Crippen LogP contribution in [-0.2, 0) is 25.4 Å². The summed E-state index contributed by atoms with van der Waals surface area (Å²) < 4.78 is 33.7. The van der Waals surface area contributed by atoms with Gasteiger partial charge in [-0.05, 0) is 25.3 Å². The van der Waals surface area contributed by atoms with E-state index in [4.69, 9.17) is 8.37 Å². The summed E-state index contributed by atoms with van der Waals surface area (Å²) in [6.07, 6.45) is 3.98. The van der Waals surface area contributed by atoms with E-state index < -0.39 is 16.0 Å². The molecule has 0 aromatic heterocycles. The largest absolute Gasteiger partial charge is 0.400 e. The fourth-order valence-electron chi connectivity index (χ4n) is 1.75. The molecule has 0 heterocycles. The highest BCUT2D eigenvalue weighted by Gasteiger charge is 2.30. The van der Waals surface area contributed by atoms with Crippen molar-refractivity contribution < 1.29 is 16.8 Å². The number of benzene rings is 1. The maximum atomic E-state index is 11.9.